The van der Waals surface area contributed by atoms with Crippen LogP contribution in [0.2, 0.25) is 0 Å². The molecule has 0 aliphatic heterocycles. The van der Waals surface area contributed by atoms with Crippen molar-refractivity contribution in [2.75, 3.05) is 26.2 Å². The normalized spacial score (nSPS) is 10.7. The number of aromatic hydroxyl groups is 1. The van der Waals surface area contributed by atoms with Crippen LogP contribution in [-0.2, 0) is 0 Å². The summed E-state index contributed by atoms with van der Waals surface area (Å²) in [5.74, 6) is -0.183. The van der Waals surface area contributed by atoms with E-state index in [0.717, 1.165) is 31.6 Å². The highest BCUT2D eigenvalue weighted by molar-refractivity contribution is 5.96. The van der Waals surface area contributed by atoms with E-state index in [1.807, 2.05) is 6.92 Å². The minimum Gasteiger partial charge on any atom is -0.507 e. The van der Waals surface area contributed by atoms with Gasteiger partial charge in [0.25, 0.3) is 5.91 Å². The first-order chi connectivity index (χ1) is 9.08. The zero-order valence-corrected chi connectivity index (χ0v) is 12.1. The molecule has 4 nitrogen and oxygen atoms in total. The molecule has 0 spiro atoms. The molecular formula is C15H24N2O2. The van der Waals surface area contributed by atoms with Crippen LogP contribution in [0.15, 0.2) is 18.2 Å². The van der Waals surface area contributed by atoms with Crippen LogP contribution >= 0.6 is 0 Å². The number of phenolic OH excluding ortho intramolecular Hbond substituents is 1. The first-order valence-corrected chi connectivity index (χ1v) is 6.88. The summed E-state index contributed by atoms with van der Waals surface area (Å²) in [5, 5.41) is 12.5. The number of phenols is 1. The maximum absolute atomic E-state index is 12.0. The molecule has 4 heteroatoms. The Kier molecular flexibility index (Phi) is 6.36. The van der Waals surface area contributed by atoms with E-state index in [4.69, 9.17) is 0 Å². The Morgan fingerprint density at radius 2 is 2.05 bits per heavy atom. The summed E-state index contributed by atoms with van der Waals surface area (Å²) in [4.78, 5) is 14.2. The van der Waals surface area contributed by atoms with Crippen LogP contribution in [0.1, 0.15) is 36.2 Å². The van der Waals surface area contributed by atoms with Gasteiger partial charge in [0.1, 0.15) is 5.75 Å². The van der Waals surface area contributed by atoms with Gasteiger partial charge in [0, 0.05) is 13.1 Å². The average molecular weight is 264 g/mol. The van der Waals surface area contributed by atoms with Crippen molar-refractivity contribution in [3.8, 4) is 5.75 Å². The topological polar surface area (TPSA) is 52.6 Å². The van der Waals surface area contributed by atoms with Crippen LogP contribution in [0.4, 0.5) is 0 Å². The highest BCUT2D eigenvalue weighted by Gasteiger charge is 2.11. The van der Waals surface area contributed by atoms with Crippen molar-refractivity contribution in [1.82, 2.24) is 10.2 Å². The average Bonchev–Trinajstić information content (AvgIpc) is 2.40. The highest BCUT2D eigenvalue weighted by atomic mass is 16.3. The molecule has 1 aromatic rings. The number of nitrogens with zero attached hydrogens (tertiary/aromatic N) is 1. The Labute approximate surface area is 115 Å². The van der Waals surface area contributed by atoms with E-state index in [1.165, 1.54) is 0 Å². The third kappa shape index (κ3) is 4.91. The minimum atomic E-state index is -0.214. The molecule has 1 rings (SSSR count). The summed E-state index contributed by atoms with van der Waals surface area (Å²) >= 11 is 0. The molecule has 2 N–H and O–H groups in total. The molecule has 0 unspecified atom stereocenters. The first-order valence-electron chi connectivity index (χ1n) is 6.88. The van der Waals surface area contributed by atoms with Crippen LogP contribution in [0, 0.1) is 6.92 Å². The molecule has 0 fully saturated rings. The SMILES string of the molecule is CCCN(CC)CCNC(=O)c1cc(C)ccc1O. The maximum atomic E-state index is 12.0. The van der Waals surface area contributed by atoms with Crippen molar-refractivity contribution in [2.24, 2.45) is 0 Å². The van der Waals surface area contributed by atoms with Crippen LogP contribution in [-0.4, -0.2) is 42.1 Å². The van der Waals surface area contributed by atoms with Gasteiger partial charge in [-0.05, 0) is 38.6 Å². The second kappa shape index (κ2) is 7.79. The van der Waals surface area contributed by atoms with Crippen molar-refractivity contribution in [1.29, 1.82) is 0 Å². The lowest BCUT2D eigenvalue weighted by molar-refractivity contribution is 0.0946. The lowest BCUT2D eigenvalue weighted by atomic mass is 10.1. The summed E-state index contributed by atoms with van der Waals surface area (Å²) in [6.45, 7) is 9.62. The number of hydrogen-bond donors (Lipinski definition) is 2. The number of likely N-dealkylation sites (N-methyl/N-ethyl adjacent to an activating group) is 1. The molecule has 0 saturated carbocycles. The van der Waals surface area contributed by atoms with Gasteiger partial charge in [0.15, 0.2) is 0 Å². The zero-order valence-electron chi connectivity index (χ0n) is 12.1. The quantitative estimate of drug-likeness (QED) is 0.793. The zero-order chi connectivity index (χ0) is 14.3. The van der Waals surface area contributed by atoms with E-state index in [9.17, 15) is 9.90 Å². The summed E-state index contributed by atoms with van der Waals surface area (Å²) in [6.07, 6.45) is 1.11. The number of benzene rings is 1. The Balaban J connectivity index is 2.49. The molecule has 0 heterocycles. The van der Waals surface area contributed by atoms with Crippen LogP contribution < -0.4 is 5.32 Å². The van der Waals surface area contributed by atoms with Crippen molar-refractivity contribution in [2.45, 2.75) is 27.2 Å². The van der Waals surface area contributed by atoms with Gasteiger partial charge in [-0.15, -0.1) is 0 Å². The van der Waals surface area contributed by atoms with Crippen molar-refractivity contribution < 1.29 is 9.90 Å². The first kappa shape index (κ1) is 15.5. The second-order valence-electron chi connectivity index (χ2n) is 4.71. The molecule has 0 radical (unpaired) electrons. The number of carbonyl (C=O) groups is 1. The minimum absolute atomic E-state index is 0.0315. The van der Waals surface area contributed by atoms with Crippen LogP contribution in [0.25, 0.3) is 0 Å². The molecule has 0 aliphatic carbocycles. The maximum Gasteiger partial charge on any atom is 0.255 e. The van der Waals surface area contributed by atoms with E-state index >= 15 is 0 Å². The van der Waals surface area contributed by atoms with Crippen molar-refractivity contribution in [3.05, 3.63) is 29.3 Å². The van der Waals surface area contributed by atoms with Gasteiger partial charge < -0.3 is 15.3 Å². The molecule has 0 bridgehead atoms. The van der Waals surface area contributed by atoms with Crippen LogP contribution in [0.5, 0.6) is 5.75 Å². The molecule has 0 aliphatic rings. The van der Waals surface area contributed by atoms with E-state index in [2.05, 4.69) is 24.1 Å². The molecule has 1 aromatic carbocycles. The van der Waals surface area contributed by atoms with Gasteiger partial charge in [-0.2, -0.15) is 0 Å². The third-order valence-electron chi connectivity index (χ3n) is 3.10. The number of aryl methyl sites for hydroxylation is 1. The van der Waals surface area contributed by atoms with Gasteiger partial charge >= 0.3 is 0 Å². The molecule has 0 atom stereocenters. The van der Waals surface area contributed by atoms with Gasteiger partial charge in [-0.1, -0.05) is 25.5 Å². The molecule has 0 aromatic heterocycles. The fourth-order valence-electron chi connectivity index (χ4n) is 2.00. The molecule has 106 valence electrons. The Hall–Kier alpha value is -1.55. The van der Waals surface area contributed by atoms with E-state index in [0.29, 0.717) is 12.1 Å². The Morgan fingerprint density at radius 1 is 1.32 bits per heavy atom. The lowest BCUT2D eigenvalue weighted by Crippen LogP contribution is -2.35. The van der Waals surface area contributed by atoms with E-state index in [-0.39, 0.29) is 11.7 Å². The van der Waals surface area contributed by atoms with Gasteiger partial charge in [-0.3, -0.25) is 4.79 Å². The van der Waals surface area contributed by atoms with Gasteiger partial charge in [-0.25, -0.2) is 0 Å². The van der Waals surface area contributed by atoms with Crippen molar-refractivity contribution >= 4 is 5.91 Å². The number of nitrogens with one attached hydrogen (secondary N) is 1. The Bertz CT molecular complexity index is 419. The predicted octanol–water partition coefficient (Wildman–Crippen LogP) is 2.16. The lowest BCUT2D eigenvalue weighted by Gasteiger charge is -2.19. The third-order valence-corrected chi connectivity index (χ3v) is 3.10. The summed E-state index contributed by atoms with van der Waals surface area (Å²) in [7, 11) is 0. The van der Waals surface area contributed by atoms with Gasteiger partial charge in [0.05, 0.1) is 5.56 Å². The number of hydrogen-bond acceptors (Lipinski definition) is 3. The number of carbonyl (C=O) groups excluding carboxylic acids is 1. The largest absolute Gasteiger partial charge is 0.507 e. The number of amides is 1. The highest BCUT2D eigenvalue weighted by Crippen LogP contribution is 2.17. The predicted molar refractivity (Wildman–Crippen MR) is 77.6 cm³/mol. The summed E-state index contributed by atoms with van der Waals surface area (Å²) < 4.78 is 0. The smallest absolute Gasteiger partial charge is 0.255 e. The van der Waals surface area contributed by atoms with Gasteiger partial charge in [0.2, 0.25) is 0 Å². The molecular weight excluding hydrogens is 240 g/mol. The number of rotatable bonds is 7. The fraction of sp³-hybridized carbons (Fsp3) is 0.533. The molecule has 0 saturated heterocycles. The Morgan fingerprint density at radius 3 is 2.68 bits per heavy atom. The second-order valence-corrected chi connectivity index (χ2v) is 4.71. The van der Waals surface area contributed by atoms with Crippen molar-refractivity contribution in [3.63, 3.8) is 0 Å². The fourth-order valence-corrected chi connectivity index (χ4v) is 2.00. The summed E-state index contributed by atoms with van der Waals surface area (Å²) in [5.41, 5.74) is 1.31. The molecule has 19 heavy (non-hydrogen) atoms. The summed E-state index contributed by atoms with van der Waals surface area (Å²) in [6, 6.07) is 5.04. The standard InChI is InChI=1S/C15H24N2O2/c1-4-9-17(5-2)10-8-16-15(19)13-11-12(3)6-7-14(13)18/h6-7,11,18H,4-5,8-10H2,1-3H3,(H,16,19). The van der Waals surface area contributed by atoms with E-state index < -0.39 is 0 Å². The van der Waals surface area contributed by atoms with Crippen LogP contribution in [0.3, 0.4) is 0 Å². The molecule has 1 amide bonds. The van der Waals surface area contributed by atoms with E-state index in [1.54, 1.807) is 18.2 Å². The monoisotopic (exact) mass is 264 g/mol.